The average molecular weight is 381 g/mol. The van der Waals surface area contributed by atoms with Crippen LogP contribution in [0.3, 0.4) is 0 Å². The van der Waals surface area contributed by atoms with E-state index in [1.54, 1.807) is 18.2 Å². The number of benzene rings is 2. The van der Waals surface area contributed by atoms with Gasteiger partial charge in [0.25, 0.3) is 0 Å². The zero-order chi connectivity index (χ0) is 19.5. The Morgan fingerprint density at radius 2 is 1.75 bits per heavy atom. The highest BCUT2D eigenvalue weighted by molar-refractivity contribution is 5.98. The Kier molecular flexibility index (Phi) is 5.39. The summed E-state index contributed by atoms with van der Waals surface area (Å²) >= 11 is 0. The number of ketones is 1. The van der Waals surface area contributed by atoms with E-state index in [0.29, 0.717) is 28.9 Å². The van der Waals surface area contributed by atoms with Crippen LogP contribution in [-0.2, 0) is 6.42 Å². The van der Waals surface area contributed by atoms with Gasteiger partial charge in [-0.25, -0.2) is 9.18 Å². The molecule has 3 aromatic rings. The maximum Gasteiger partial charge on any atom is 0.323 e. The normalized spacial score (nSPS) is 15.9. The zero-order valence-corrected chi connectivity index (χ0v) is 15.7. The Balaban J connectivity index is 1.25. The number of hydrogen-bond donors (Lipinski definition) is 2. The molecule has 2 aromatic carbocycles. The number of piperidine rings is 1. The molecule has 0 amide bonds. The van der Waals surface area contributed by atoms with Crippen molar-refractivity contribution in [2.75, 3.05) is 19.6 Å². The third-order valence-corrected chi connectivity index (χ3v) is 5.64. The van der Waals surface area contributed by atoms with Crippen LogP contribution in [0.4, 0.5) is 4.39 Å². The lowest BCUT2D eigenvalue weighted by Gasteiger charge is -2.31. The highest BCUT2D eigenvalue weighted by Crippen LogP contribution is 2.22. The highest BCUT2D eigenvalue weighted by Gasteiger charge is 2.20. The van der Waals surface area contributed by atoms with Crippen LogP contribution in [0.5, 0.6) is 0 Å². The van der Waals surface area contributed by atoms with Crippen molar-refractivity contribution in [3.8, 4) is 0 Å². The lowest BCUT2D eigenvalue weighted by Crippen LogP contribution is -2.35. The maximum atomic E-state index is 13.0. The first-order valence-electron chi connectivity index (χ1n) is 9.79. The Bertz CT molecular complexity index is 1010. The van der Waals surface area contributed by atoms with Gasteiger partial charge >= 0.3 is 5.69 Å². The molecule has 1 aliphatic heterocycles. The molecule has 1 aromatic heterocycles. The minimum Gasteiger partial charge on any atom is -0.306 e. The number of nitrogens with one attached hydrogen (secondary N) is 2. The molecule has 146 valence electrons. The molecule has 4 rings (SSSR count). The molecule has 2 heterocycles. The first-order valence-corrected chi connectivity index (χ1v) is 9.79. The second-order valence-electron chi connectivity index (χ2n) is 7.63. The molecule has 28 heavy (non-hydrogen) atoms. The maximum absolute atomic E-state index is 13.0. The first kappa shape index (κ1) is 18.6. The molecule has 1 fully saturated rings. The third-order valence-electron chi connectivity index (χ3n) is 5.64. The number of halogens is 1. The molecule has 0 unspecified atom stereocenters. The van der Waals surface area contributed by atoms with Gasteiger partial charge in [0, 0.05) is 18.5 Å². The predicted octanol–water partition coefficient (Wildman–Crippen LogP) is 3.52. The van der Waals surface area contributed by atoms with Gasteiger partial charge < -0.3 is 14.9 Å². The lowest BCUT2D eigenvalue weighted by molar-refractivity contribution is 0.0951. The monoisotopic (exact) mass is 381 g/mol. The summed E-state index contributed by atoms with van der Waals surface area (Å²) < 4.78 is 13.0. The summed E-state index contributed by atoms with van der Waals surface area (Å²) in [5.74, 6) is 0.521. The van der Waals surface area contributed by atoms with E-state index >= 15 is 0 Å². The van der Waals surface area contributed by atoms with Crippen molar-refractivity contribution in [1.82, 2.24) is 14.9 Å². The van der Waals surface area contributed by atoms with Crippen LogP contribution in [0.25, 0.3) is 11.0 Å². The summed E-state index contributed by atoms with van der Waals surface area (Å²) in [5.41, 5.74) is 2.94. The number of rotatable bonds is 6. The van der Waals surface area contributed by atoms with Crippen molar-refractivity contribution in [1.29, 1.82) is 0 Å². The fourth-order valence-corrected chi connectivity index (χ4v) is 3.98. The van der Waals surface area contributed by atoms with E-state index in [2.05, 4.69) is 14.9 Å². The average Bonchev–Trinajstić information content (AvgIpc) is 3.08. The largest absolute Gasteiger partial charge is 0.323 e. The van der Waals surface area contributed by atoms with Crippen molar-refractivity contribution in [2.45, 2.75) is 25.7 Å². The Morgan fingerprint density at radius 1 is 1.04 bits per heavy atom. The van der Waals surface area contributed by atoms with Crippen LogP contribution in [0.2, 0.25) is 0 Å². The molecule has 1 saturated heterocycles. The molecule has 6 heteroatoms. The molecular formula is C22H24FN3O2. The van der Waals surface area contributed by atoms with Crippen LogP contribution in [0.1, 0.15) is 35.2 Å². The molecule has 1 aliphatic rings. The van der Waals surface area contributed by atoms with Gasteiger partial charge in [0.1, 0.15) is 5.82 Å². The van der Waals surface area contributed by atoms with Crippen LogP contribution < -0.4 is 5.69 Å². The number of likely N-dealkylation sites (tertiary alicyclic amines) is 1. The molecule has 0 aliphatic carbocycles. The zero-order valence-electron chi connectivity index (χ0n) is 15.7. The van der Waals surface area contributed by atoms with E-state index in [0.717, 1.165) is 38.9 Å². The Morgan fingerprint density at radius 3 is 2.50 bits per heavy atom. The van der Waals surface area contributed by atoms with E-state index in [4.69, 9.17) is 0 Å². The summed E-state index contributed by atoms with van der Waals surface area (Å²) in [7, 11) is 0. The minimum absolute atomic E-state index is 0.0948. The molecule has 0 saturated carbocycles. The van der Waals surface area contributed by atoms with Crippen LogP contribution in [0.15, 0.2) is 47.3 Å². The Labute approximate surface area is 162 Å². The second kappa shape index (κ2) is 8.10. The third kappa shape index (κ3) is 4.39. The molecule has 2 N–H and O–H groups in total. The van der Waals surface area contributed by atoms with Gasteiger partial charge in [0.2, 0.25) is 0 Å². The van der Waals surface area contributed by atoms with Gasteiger partial charge in [-0.1, -0.05) is 12.1 Å². The number of aromatic nitrogens is 2. The number of H-pyrrole nitrogens is 2. The molecule has 0 bridgehead atoms. The number of hydrogen-bond acceptors (Lipinski definition) is 3. The predicted molar refractivity (Wildman–Crippen MR) is 107 cm³/mol. The van der Waals surface area contributed by atoms with Crippen molar-refractivity contribution in [3.63, 3.8) is 0 Å². The first-order chi connectivity index (χ1) is 13.6. The van der Waals surface area contributed by atoms with Crippen molar-refractivity contribution in [2.24, 2.45) is 5.92 Å². The molecule has 0 atom stereocenters. The van der Waals surface area contributed by atoms with Crippen LogP contribution in [-0.4, -0.2) is 40.3 Å². The van der Waals surface area contributed by atoms with Crippen LogP contribution >= 0.6 is 0 Å². The van der Waals surface area contributed by atoms with E-state index in [-0.39, 0.29) is 17.3 Å². The smallest absolute Gasteiger partial charge is 0.306 e. The van der Waals surface area contributed by atoms with Crippen molar-refractivity contribution < 1.29 is 9.18 Å². The van der Waals surface area contributed by atoms with Gasteiger partial charge in [0.05, 0.1) is 11.0 Å². The van der Waals surface area contributed by atoms with E-state index in [1.807, 2.05) is 12.1 Å². The van der Waals surface area contributed by atoms with Crippen LogP contribution in [0, 0.1) is 11.7 Å². The minimum atomic E-state index is -0.261. The summed E-state index contributed by atoms with van der Waals surface area (Å²) in [6.07, 6.45) is 3.66. The lowest BCUT2D eigenvalue weighted by atomic mass is 9.90. The molecule has 0 spiro atoms. The number of Topliss-reactive ketones (excluding diaryl/α,β-unsaturated/α-hetero) is 1. The number of carbonyl (C=O) groups is 1. The van der Waals surface area contributed by atoms with E-state index < -0.39 is 0 Å². The fourth-order valence-electron chi connectivity index (χ4n) is 3.98. The van der Waals surface area contributed by atoms with Gasteiger partial charge in [-0.3, -0.25) is 4.79 Å². The number of nitrogens with zero attached hydrogens (tertiary/aromatic N) is 1. The quantitative estimate of drug-likeness (QED) is 0.642. The highest BCUT2D eigenvalue weighted by atomic mass is 19.1. The van der Waals surface area contributed by atoms with Gasteiger partial charge in [0.15, 0.2) is 5.78 Å². The topological polar surface area (TPSA) is 69.0 Å². The summed E-state index contributed by atoms with van der Waals surface area (Å²) in [6.45, 7) is 2.73. The molecular weight excluding hydrogens is 357 g/mol. The van der Waals surface area contributed by atoms with E-state index in [9.17, 15) is 14.0 Å². The standard InChI is InChI=1S/C22H24FN3O2/c23-18-4-1-15(2-5-18)13-16-7-10-26(11-8-16)12-9-21(27)17-3-6-19-20(14-17)25-22(28)24-19/h1-6,14,16H,7-13H2,(H2,24,25,28). The summed E-state index contributed by atoms with van der Waals surface area (Å²) in [4.78, 5) is 31.6. The SMILES string of the molecule is O=C(CCN1CCC(Cc2ccc(F)cc2)CC1)c1ccc2[nH]c(=O)[nH]c2c1. The number of fused-ring (bicyclic) bond motifs is 1. The summed E-state index contributed by atoms with van der Waals surface area (Å²) in [5, 5.41) is 0. The molecule has 5 nitrogen and oxygen atoms in total. The van der Waals surface area contributed by atoms with Crippen molar-refractivity contribution >= 4 is 16.8 Å². The molecule has 0 radical (unpaired) electrons. The number of aromatic amines is 2. The number of carbonyl (C=O) groups excluding carboxylic acids is 1. The van der Waals surface area contributed by atoms with Gasteiger partial charge in [-0.2, -0.15) is 0 Å². The second-order valence-corrected chi connectivity index (χ2v) is 7.63. The fraction of sp³-hybridized carbons (Fsp3) is 0.364. The number of imidazole rings is 1. The van der Waals surface area contributed by atoms with Gasteiger partial charge in [-0.05, 0) is 74.2 Å². The Hall–Kier alpha value is -2.73. The van der Waals surface area contributed by atoms with Crippen molar-refractivity contribution in [3.05, 3.63) is 69.9 Å². The van der Waals surface area contributed by atoms with E-state index in [1.165, 1.54) is 17.7 Å². The summed E-state index contributed by atoms with van der Waals surface area (Å²) in [6, 6.07) is 12.1. The van der Waals surface area contributed by atoms with Gasteiger partial charge in [-0.15, -0.1) is 0 Å².